The van der Waals surface area contributed by atoms with E-state index in [2.05, 4.69) is 26.2 Å². The molecule has 1 N–H and O–H groups in total. The number of rotatable bonds is 5. The largest absolute Gasteiger partial charge is 0.480 e. The highest BCUT2D eigenvalue weighted by atomic mass is 79.9. The van der Waals surface area contributed by atoms with Crippen LogP contribution in [0.3, 0.4) is 0 Å². The number of ether oxygens (including phenoxy) is 1. The summed E-state index contributed by atoms with van der Waals surface area (Å²) in [6.07, 6.45) is 0. The molecule has 0 bridgehead atoms. The Labute approximate surface area is 129 Å². The zero-order valence-corrected chi connectivity index (χ0v) is 13.8. The summed E-state index contributed by atoms with van der Waals surface area (Å²) < 4.78 is 19.1. The lowest BCUT2D eigenvalue weighted by atomic mass is 10.3. The van der Waals surface area contributed by atoms with Gasteiger partial charge in [-0.25, -0.2) is 4.39 Å². The molecule has 2 rings (SSSR count). The fourth-order valence-electron chi connectivity index (χ4n) is 1.58. The van der Waals surface area contributed by atoms with Crippen molar-refractivity contribution in [2.45, 2.75) is 6.54 Å². The van der Waals surface area contributed by atoms with Gasteiger partial charge in [-0.1, -0.05) is 11.3 Å². The van der Waals surface area contributed by atoms with Crippen LogP contribution >= 0.6 is 27.3 Å². The molecule has 7 heteroatoms. The third-order valence-corrected chi connectivity index (χ3v) is 4.45. The predicted octanol–water partition coefficient (Wildman–Crippen LogP) is 3.73. The minimum absolute atomic E-state index is 0.291. The van der Waals surface area contributed by atoms with Crippen molar-refractivity contribution in [2.75, 3.05) is 31.4 Å². The van der Waals surface area contributed by atoms with E-state index in [9.17, 15) is 4.39 Å². The Morgan fingerprint density at radius 1 is 1.45 bits per heavy atom. The van der Waals surface area contributed by atoms with Crippen LogP contribution < -0.4 is 15.0 Å². The lowest BCUT2D eigenvalue weighted by Gasteiger charge is -2.06. The van der Waals surface area contributed by atoms with Gasteiger partial charge in [-0.2, -0.15) is 4.98 Å². The molecule has 1 aromatic heterocycles. The zero-order valence-electron chi connectivity index (χ0n) is 11.4. The second kappa shape index (κ2) is 6.41. The van der Waals surface area contributed by atoms with Crippen LogP contribution in [0, 0.1) is 5.82 Å². The molecule has 1 aromatic carbocycles. The second-order valence-electron chi connectivity index (χ2n) is 4.31. The van der Waals surface area contributed by atoms with Gasteiger partial charge in [0.15, 0.2) is 5.13 Å². The highest BCUT2D eigenvalue weighted by Gasteiger charge is 2.13. The van der Waals surface area contributed by atoms with Crippen LogP contribution in [0.15, 0.2) is 22.7 Å². The first kappa shape index (κ1) is 15.1. The molecule has 0 radical (unpaired) electrons. The van der Waals surface area contributed by atoms with Gasteiger partial charge in [-0.05, 0) is 34.1 Å². The van der Waals surface area contributed by atoms with E-state index in [4.69, 9.17) is 4.74 Å². The molecule has 4 nitrogen and oxygen atoms in total. The van der Waals surface area contributed by atoms with Crippen LogP contribution in [0.2, 0.25) is 0 Å². The van der Waals surface area contributed by atoms with E-state index < -0.39 is 0 Å². The van der Waals surface area contributed by atoms with Gasteiger partial charge < -0.3 is 15.0 Å². The molecule has 0 unspecified atom stereocenters. The number of thiazole rings is 1. The van der Waals surface area contributed by atoms with Gasteiger partial charge in [0.05, 0.1) is 23.0 Å². The molecule has 0 aliphatic carbocycles. The van der Waals surface area contributed by atoms with Gasteiger partial charge in [0.25, 0.3) is 0 Å². The van der Waals surface area contributed by atoms with E-state index >= 15 is 0 Å². The molecule has 0 amide bonds. The third-order valence-electron chi connectivity index (χ3n) is 2.60. The Kier molecular flexibility index (Phi) is 4.82. The number of nitrogens with one attached hydrogen (secondary N) is 1. The fraction of sp³-hybridized carbons (Fsp3) is 0.308. The quantitative estimate of drug-likeness (QED) is 0.882. The number of benzene rings is 1. The molecule has 0 atom stereocenters. The van der Waals surface area contributed by atoms with Crippen molar-refractivity contribution in [3.05, 3.63) is 33.4 Å². The van der Waals surface area contributed by atoms with Crippen LogP contribution in [-0.4, -0.2) is 26.2 Å². The third kappa shape index (κ3) is 3.40. The molecule has 0 aliphatic rings. The van der Waals surface area contributed by atoms with E-state index in [1.165, 1.54) is 6.07 Å². The van der Waals surface area contributed by atoms with E-state index in [1.807, 2.05) is 25.1 Å². The Morgan fingerprint density at radius 2 is 2.20 bits per heavy atom. The Bertz CT molecular complexity index is 603. The van der Waals surface area contributed by atoms with Gasteiger partial charge >= 0.3 is 0 Å². The first-order valence-corrected chi connectivity index (χ1v) is 7.52. The number of nitrogens with zero attached hydrogens (tertiary/aromatic N) is 2. The molecule has 108 valence electrons. The van der Waals surface area contributed by atoms with Crippen molar-refractivity contribution < 1.29 is 9.13 Å². The maximum Gasteiger partial charge on any atom is 0.231 e. The number of anilines is 2. The molecule has 1 heterocycles. The van der Waals surface area contributed by atoms with E-state index in [0.29, 0.717) is 22.6 Å². The van der Waals surface area contributed by atoms with Crippen molar-refractivity contribution in [1.29, 1.82) is 0 Å². The summed E-state index contributed by atoms with van der Waals surface area (Å²) >= 11 is 4.67. The van der Waals surface area contributed by atoms with Crippen LogP contribution in [0.25, 0.3) is 0 Å². The molecule has 0 saturated carbocycles. The average molecular weight is 360 g/mol. The molecule has 0 spiro atoms. The molecular formula is C13H15BrFN3OS. The summed E-state index contributed by atoms with van der Waals surface area (Å²) in [6.45, 7) is 0.537. The number of hydrogen-bond acceptors (Lipinski definition) is 5. The average Bonchev–Trinajstić information content (AvgIpc) is 2.83. The van der Waals surface area contributed by atoms with Crippen LogP contribution in [0.1, 0.15) is 4.88 Å². The Hall–Kier alpha value is -1.34. The smallest absolute Gasteiger partial charge is 0.231 e. The van der Waals surface area contributed by atoms with Crippen molar-refractivity contribution in [3.63, 3.8) is 0 Å². The minimum Gasteiger partial charge on any atom is -0.480 e. The van der Waals surface area contributed by atoms with Crippen molar-refractivity contribution >= 4 is 38.1 Å². The van der Waals surface area contributed by atoms with Gasteiger partial charge in [-0.3, -0.25) is 0 Å². The molecule has 0 saturated heterocycles. The molecule has 2 aromatic rings. The number of hydrogen-bond donors (Lipinski definition) is 1. The van der Waals surface area contributed by atoms with Crippen molar-refractivity contribution in [3.8, 4) is 5.88 Å². The van der Waals surface area contributed by atoms with E-state index in [-0.39, 0.29) is 5.82 Å². The van der Waals surface area contributed by atoms with Crippen LogP contribution in [0.4, 0.5) is 15.2 Å². The summed E-state index contributed by atoms with van der Waals surface area (Å²) in [4.78, 5) is 7.27. The summed E-state index contributed by atoms with van der Waals surface area (Å²) in [5.74, 6) is 0.309. The maximum absolute atomic E-state index is 13.4. The van der Waals surface area contributed by atoms with Gasteiger partial charge in [0.2, 0.25) is 5.88 Å². The maximum atomic E-state index is 13.4. The normalized spacial score (nSPS) is 10.4. The standard InChI is InChI=1S/C13H15BrFN3OS/c1-18(2)13-17-12(19-3)11(20-13)7-16-8-4-5-9(14)10(15)6-8/h4-6,16H,7H2,1-3H3. The summed E-state index contributed by atoms with van der Waals surface area (Å²) in [7, 11) is 5.45. The molecule has 0 aliphatic heterocycles. The number of halogens is 2. The van der Waals surface area contributed by atoms with Gasteiger partial charge in [-0.15, -0.1) is 0 Å². The zero-order chi connectivity index (χ0) is 14.7. The van der Waals surface area contributed by atoms with Gasteiger partial charge in [0, 0.05) is 19.8 Å². The van der Waals surface area contributed by atoms with Crippen LogP contribution in [-0.2, 0) is 6.54 Å². The summed E-state index contributed by atoms with van der Waals surface area (Å²) in [5, 5.41) is 4.04. The van der Waals surface area contributed by atoms with E-state index in [0.717, 1.165) is 10.0 Å². The van der Waals surface area contributed by atoms with Crippen molar-refractivity contribution in [1.82, 2.24) is 4.98 Å². The number of methoxy groups -OCH3 is 1. The SMILES string of the molecule is COc1nc(N(C)C)sc1CNc1ccc(Br)c(F)c1. The first-order chi connectivity index (χ1) is 9.51. The predicted molar refractivity (Wildman–Crippen MR) is 84.4 cm³/mol. The van der Waals surface area contributed by atoms with Crippen molar-refractivity contribution in [2.24, 2.45) is 0 Å². The molecule has 20 heavy (non-hydrogen) atoms. The lowest BCUT2D eigenvalue weighted by Crippen LogP contribution is -2.07. The minimum atomic E-state index is -0.291. The molecular weight excluding hydrogens is 345 g/mol. The second-order valence-corrected chi connectivity index (χ2v) is 6.22. The Balaban J connectivity index is 2.11. The van der Waals surface area contributed by atoms with E-state index in [1.54, 1.807) is 24.5 Å². The van der Waals surface area contributed by atoms with Gasteiger partial charge in [0.1, 0.15) is 5.82 Å². The number of aromatic nitrogens is 1. The first-order valence-electron chi connectivity index (χ1n) is 5.91. The fourth-order valence-corrected chi connectivity index (χ4v) is 2.72. The highest BCUT2D eigenvalue weighted by molar-refractivity contribution is 9.10. The summed E-state index contributed by atoms with van der Waals surface area (Å²) in [6, 6.07) is 4.94. The summed E-state index contributed by atoms with van der Waals surface area (Å²) in [5.41, 5.74) is 0.715. The Morgan fingerprint density at radius 3 is 2.80 bits per heavy atom. The monoisotopic (exact) mass is 359 g/mol. The highest BCUT2D eigenvalue weighted by Crippen LogP contribution is 2.31. The van der Waals surface area contributed by atoms with Crippen LogP contribution in [0.5, 0.6) is 5.88 Å². The lowest BCUT2D eigenvalue weighted by molar-refractivity contribution is 0.397. The molecule has 0 fully saturated rings. The topological polar surface area (TPSA) is 37.4 Å².